The summed E-state index contributed by atoms with van der Waals surface area (Å²) in [4.78, 5) is 37.8. The van der Waals surface area contributed by atoms with Crippen molar-refractivity contribution in [3.63, 3.8) is 0 Å². The number of fused-ring (bicyclic) bond motifs is 1. The summed E-state index contributed by atoms with van der Waals surface area (Å²) >= 11 is 1.11. The first-order chi connectivity index (χ1) is 17.6. The highest BCUT2D eigenvalue weighted by Crippen LogP contribution is 2.41. The maximum absolute atomic E-state index is 13.9. The molecule has 0 unspecified atom stereocenters. The van der Waals surface area contributed by atoms with E-state index in [0.29, 0.717) is 60.9 Å². The molecule has 4 rings (SSSR count). The molecular weight excluding hydrogens is 505 g/mol. The highest BCUT2D eigenvalue weighted by atomic mass is 32.1. The number of benzene rings is 2. The van der Waals surface area contributed by atoms with E-state index < -0.39 is 5.91 Å². The number of aromatic nitrogens is 1. The molecule has 0 saturated heterocycles. The van der Waals surface area contributed by atoms with Crippen molar-refractivity contribution in [1.82, 2.24) is 9.88 Å². The van der Waals surface area contributed by atoms with Gasteiger partial charge in [0.15, 0.2) is 0 Å². The summed E-state index contributed by atoms with van der Waals surface area (Å²) in [5.74, 6) is 1.64. The standard InChI is InChI=1S/C28H24FN3O4S.CH4/c1-6-24(33)31-18-8-9-22(36-25-15(3)10-17(29)11-16(25)4)19(12-18)21-14-32(5)28(35)26-20(21)13-23(37-26)27(34)30-7-2;/h1,8-14H,7H2,2-5H3,(H,30,34)(H,31,33);1H4. The van der Waals surface area contributed by atoms with Crippen molar-refractivity contribution in [1.29, 1.82) is 0 Å². The molecule has 0 aliphatic rings. The van der Waals surface area contributed by atoms with Gasteiger partial charge in [-0.3, -0.25) is 14.4 Å². The molecule has 0 aliphatic carbocycles. The van der Waals surface area contributed by atoms with E-state index in [1.165, 1.54) is 16.7 Å². The molecule has 2 amide bonds. The molecule has 0 saturated carbocycles. The van der Waals surface area contributed by atoms with E-state index in [2.05, 4.69) is 10.6 Å². The number of carbonyl (C=O) groups excluding carboxylic acids is 2. The molecule has 7 nitrogen and oxygen atoms in total. The Bertz CT molecular complexity index is 1640. The van der Waals surface area contributed by atoms with Crippen LogP contribution in [0.2, 0.25) is 0 Å². The van der Waals surface area contributed by atoms with Gasteiger partial charge in [0.1, 0.15) is 22.0 Å². The largest absolute Gasteiger partial charge is 0.456 e. The highest BCUT2D eigenvalue weighted by molar-refractivity contribution is 7.20. The Morgan fingerprint density at radius 2 is 1.82 bits per heavy atom. The molecule has 0 bridgehead atoms. The Hall–Kier alpha value is -4.42. The molecule has 0 aliphatic heterocycles. The average Bonchev–Trinajstić information content (AvgIpc) is 3.30. The fraction of sp³-hybridized carbons (Fsp3) is 0.207. The number of pyridine rings is 1. The van der Waals surface area contributed by atoms with E-state index in [9.17, 15) is 18.8 Å². The number of amides is 2. The fourth-order valence-electron chi connectivity index (χ4n) is 4.05. The Morgan fingerprint density at radius 3 is 2.45 bits per heavy atom. The maximum atomic E-state index is 13.9. The second kappa shape index (κ2) is 11.3. The van der Waals surface area contributed by atoms with E-state index in [1.54, 1.807) is 51.4 Å². The van der Waals surface area contributed by atoms with Gasteiger partial charge in [-0.25, -0.2) is 4.39 Å². The van der Waals surface area contributed by atoms with Crippen molar-refractivity contribution in [2.75, 3.05) is 11.9 Å². The predicted octanol–water partition coefficient (Wildman–Crippen LogP) is 5.77. The number of hydrogen-bond donors (Lipinski definition) is 2. The number of anilines is 1. The molecule has 0 fully saturated rings. The van der Waals surface area contributed by atoms with Crippen LogP contribution >= 0.6 is 11.3 Å². The van der Waals surface area contributed by atoms with Crippen molar-refractivity contribution >= 4 is 38.9 Å². The molecular formula is C29H28FN3O4S. The quantitative estimate of drug-likeness (QED) is 0.308. The molecule has 4 aromatic rings. The van der Waals surface area contributed by atoms with Gasteiger partial charge in [-0.1, -0.05) is 7.43 Å². The lowest BCUT2D eigenvalue weighted by atomic mass is 10.0. The summed E-state index contributed by atoms with van der Waals surface area (Å²) in [6.45, 7) is 5.75. The minimum absolute atomic E-state index is 0. The van der Waals surface area contributed by atoms with Crippen molar-refractivity contribution in [2.45, 2.75) is 28.2 Å². The van der Waals surface area contributed by atoms with Crippen LogP contribution < -0.4 is 20.9 Å². The molecule has 2 heterocycles. The van der Waals surface area contributed by atoms with Gasteiger partial charge in [0.25, 0.3) is 17.4 Å². The highest BCUT2D eigenvalue weighted by Gasteiger charge is 2.20. The number of terminal acetylenes is 1. The van der Waals surface area contributed by atoms with Crippen LogP contribution in [-0.4, -0.2) is 22.9 Å². The van der Waals surface area contributed by atoms with Crippen LogP contribution in [0.25, 0.3) is 21.2 Å². The van der Waals surface area contributed by atoms with Crippen LogP contribution in [0, 0.1) is 32.0 Å². The van der Waals surface area contributed by atoms with E-state index in [0.717, 1.165) is 11.3 Å². The first-order valence-electron chi connectivity index (χ1n) is 11.4. The second-order valence-corrected chi connectivity index (χ2v) is 9.50. The van der Waals surface area contributed by atoms with Crippen LogP contribution in [0.3, 0.4) is 0 Å². The SMILES string of the molecule is C.C#CC(=O)Nc1ccc(Oc2c(C)cc(F)cc2C)c(-c2cn(C)c(=O)c3sc(C(=O)NCC)cc23)c1. The number of ether oxygens (including phenoxy) is 1. The second-order valence-electron chi connectivity index (χ2n) is 8.45. The third-order valence-corrected chi connectivity index (χ3v) is 6.84. The number of carbonyl (C=O) groups is 2. The first-order valence-corrected chi connectivity index (χ1v) is 12.2. The summed E-state index contributed by atoms with van der Waals surface area (Å²) in [5.41, 5.74) is 2.52. The maximum Gasteiger partial charge on any atom is 0.300 e. The van der Waals surface area contributed by atoms with Gasteiger partial charge < -0.3 is 19.9 Å². The topological polar surface area (TPSA) is 89.4 Å². The Morgan fingerprint density at radius 1 is 1.13 bits per heavy atom. The number of nitrogens with one attached hydrogen (secondary N) is 2. The Balaban J connectivity index is 0.00000400. The van der Waals surface area contributed by atoms with Gasteiger partial charge in [-0.2, -0.15) is 0 Å². The number of thiophene rings is 1. The first kappa shape index (κ1) is 28.2. The van der Waals surface area contributed by atoms with Crippen molar-refractivity contribution < 1.29 is 18.7 Å². The van der Waals surface area contributed by atoms with Crippen LogP contribution in [0.15, 0.2) is 47.4 Å². The van der Waals surface area contributed by atoms with Crippen molar-refractivity contribution in [3.05, 3.63) is 74.8 Å². The molecule has 2 aromatic heterocycles. The minimum Gasteiger partial charge on any atom is -0.456 e. The molecule has 9 heteroatoms. The number of halogens is 1. The molecule has 2 aromatic carbocycles. The average molecular weight is 534 g/mol. The zero-order valence-electron chi connectivity index (χ0n) is 20.7. The predicted molar refractivity (Wildman–Crippen MR) is 151 cm³/mol. The fourth-order valence-corrected chi connectivity index (χ4v) is 5.12. The summed E-state index contributed by atoms with van der Waals surface area (Å²) in [5, 5.41) is 5.94. The van der Waals surface area contributed by atoms with Crippen LogP contribution in [0.1, 0.15) is 35.1 Å². The third kappa shape index (κ3) is 5.45. The van der Waals surface area contributed by atoms with Crippen LogP contribution in [0.4, 0.5) is 10.1 Å². The molecule has 2 N–H and O–H groups in total. The molecule has 0 atom stereocenters. The lowest BCUT2D eigenvalue weighted by Gasteiger charge is -2.17. The van der Waals surface area contributed by atoms with E-state index in [1.807, 2.05) is 12.8 Å². The summed E-state index contributed by atoms with van der Waals surface area (Å²) in [6, 6.07) is 9.41. The Labute approximate surface area is 224 Å². The normalized spacial score (nSPS) is 10.4. The third-order valence-electron chi connectivity index (χ3n) is 5.72. The van der Waals surface area contributed by atoms with Crippen LogP contribution in [-0.2, 0) is 11.8 Å². The number of nitrogens with zero attached hydrogens (tertiary/aromatic N) is 1. The summed E-state index contributed by atoms with van der Waals surface area (Å²) in [7, 11) is 1.62. The van der Waals surface area contributed by atoms with E-state index in [4.69, 9.17) is 11.2 Å². The number of aryl methyl sites for hydroxylation is 3. The summed E-state index contributed by atoms with van der Waals surface area (Å²) < 4.78 is 22.0. The van der Waals surface area contributed by atoms with E-state index in [-0.39, 0.29) is 24.7 Å². The molecule has 38 heavy (non-hydrogen) atoms. The molecule has 0 spiro atoms. The van der Waals surface area contributed by atoms with Gasteiger partial charge in [0.05, 0.1) is 4.88 Å². The smallest absolute Gasteiger partial charge is 0.300 e. The zero-order chi connectivity index (χ0) is 26.9. The van der Waals surface area contributed by atoms with Crippen molar-refractivity contribution in [2.24, 2.45) is 7.05 Å². The van der Waals surface area contributed by atoms with Gasteiger partial charge >= 0.3 is 0 Å². The van der Waals surface area contributed by atoms with E-state index >= 15 is 0 Å². The lowest BCUT2D eigenvalue weighted by molar-refractivity contribution is -0.111. The summed E-state index contributed by atoms with van der Waals surface area (Å²) in [6.07, 6.45) is 6.87. The lowest BCUT2D eigenvalue weighted by Crippen LogP contribution is -2.21. The Kier molecular flexibility index (Phi) is 8.39. The van der Waals surface area contributed by atoms with Gasteiger partial charge in [-0.05, 0) is 74.2 Å². The molecule has 0 radical (unpaired) electrons. The minimum atomic E-state index is -0.621. The number of rotatable bonds is 6. The van der Waals surface area contributed by atoms with Crippen LogP contribution in [0.5, 0.6) is 11.5 Å². The molecule has 196 valence electrons. The number of hydrogen-bond acceptors (Lipinski definition) is 5. The van der Waals surface area contributed by atoms with Gasteiger partial charge in [0.2, 0.25) is 0 Å². The van der Waals surface area contributed by atoms with Crippen molar-refractivity contribution in [3.8, 4) is 35.0 Å². The van der Waals surface area contributed by atoms with Gasteiger partial charge in [-0.15, -0.1) is 17.8 Å². The zero-order valence-corrected chi connectivity index (χ0v) is 21.5. The monoisotopic (exact) mass is 533 g/mol. The van der Waals surface area contributed by atoms with Gasteiger partial charge in [0, 0.05) is 42.0 Å².